The summed E-state index contributed by atoms with van der Waals surface area (Å²) in [6.45, 7) is 2.38. The van der Waals surface area contributed by atoms with E-state index in [1.54, 1.807) is 36.1 Å². The quantitative estimate of drug-likeness (QED) is 0.595. The molecular weight excluding hydrogens is 348 g/mol. The third-order valence-corrected chi connectivity index (χ3v) is 4.91. The number of H-pyrrole nitrogens is 2. The summed E-state index contributed by atoms with van der Waals surface area (Å²) in [7, 11) is 0. The lowest BCUT2D eigenvalue weighted by Crippen LogP contribution is -2.41. The Bertz CT molecular complexity index is 1170. The number of hydrogen-bond donors (Lipinski definition) is 3. The van der Waals surface area contributed by atoms with E-state index in [1.807, 2.05) is 0 Å². The number of carbonyl (C=O) groups is 1. The molecule has 1 aliphatic heterocycles. The lowest BCUT2D eigenvalue weighted by Gasteiger charge is -2.29. The highest BCUT2D eigenvalue weighted by Gasteiger charge is 2.29. The van der Waals surface area contributed by atoms with Gasteiger partial charge >= 0.3 is 0 Å². The number of carbonyl (C=O) groups excluding carboxylic acids is 1. The molecule has 1 unspecified atom stereocenters. The van der Waals surface area contributed by atoms with Gasteiger partial charge in [-0.1, -0.05) is 18.2 Å². The average molecular weight is 366 g/mol. The number of aromatic nitrogens is 4. The van der Waals surface area contributed by atoms with Crippen LogP contribution in [0.15, 0.2) is 33.9 Å². The lowest BCUT2D eigenvalue weighted by atomic mass is 9.98. The Morgan fingerprint density at radius 3 is 2.74 bits per heavy atom. The Hall–Kier alpha value is -3.49. The van der Waals surface area contributed by atoms with E-state index in [-0.39, 0.29) is 29.5 Å². The zero-order valence-corrected chi connectivity index (χ0v) is 14.7. The number of amides is 1. The SMILES string of the molecule is CC(C(=O)N1CCc2c(nc(N)[nH]c2=O)C1)c1n[nH]c(=O)c2ccccc12. The van der Waals surface area contributed by atoms with Gasteiger partial charge in [-0.15, -0.1) is 0 Å². The third-order valence-electron chi connectivity index (χ3n) is 4.91. The normalized spacial score (nSPS) is 14.8. The Balaban J connectivity index is 1.67. The van der Waals surface area contributed by atoms with Gasteiger partial charge in [-0.25, -0.2) is 10.1 Å². The summed E-state index contributed by atoms with van der Waals surface area (Å²) in [5.74, 6) is -0.673. The molecule has 1 aliphatic rings. The largest absolute Gasteiger partial charge is 0.369 e. The van der Waals surface area contributed by atoms with Crippen molar-refractivity contribution in [3.05, 3.63) is 61.9 Å². The van der Waals surface area contributed by atoms with E-state index in [4.69, 9.17) is 5.73 Å². The lowest BCUT2D eigenvalue weighted by molar-refractivity contribution is -0.133. The zero-order valence-electron chi connectivity index (χ0n) is 14.7. The molecule has 4 N–H and O–H groups in total. The van der Waals surface area contributed by atoms with Crippen LogP contribution in [-0.2, 0) is 17.8 Å². The second kappa shape index (κ2) is 6.35. The number of nitrogens with zero attached hydrogens (tertiary/aromatic N) is 3. The first kappa shape index (κ1) is 17.0. The summed E-state index contributed by atoms with van der Waals surface area (Å²) >= 11 is 0. The van der Waals surface area contributed by atoms with E-state index < -0.39 is 5.92 Å². The van der Waals surface area contributed by atoms with E-state index >= 15 is 0 Å². The maximum atomic E-state index is 13.1. The summed E-state index contributed by atoms with van der Waals surface area (Å²) in [4.78, 5) is 45.3. The number of nitrogens with one attached hydrogen (secondary N) is 2. The van der Waals surface area contributed by atoms with Crippen molar-refractivity contribution in [2.45, 2.75) is 25.8 Å². The van der Waals surface area contributed by atoms with Gasteiger partial charge in [0.15, 0.2) is 0 Å². The van der Waals surface area contributed by atoms with Crippen molar-refractivity contribution in [3.63, 3.8) is 0 Å². The average Bonchev–Trinajstić information content (AvgIpc) is 2.67. The monoisotopic (exact) mass is 366 g/mol. The summed E-state index contributed by atoms with van der Waals surface area (Å²) < 4.78 is 0. The van der Waals surface area contributed by atoms with Gasteiger partial charge in [0, 0.05) is 17.5 Å². The maximum absolute atomic E-state index is 13.1. The molecule has 1 atom stereocenters. The zero-order chi connectivity index (χ0) is 19.1. The van der Waals surface area contributed by atoms with Gasteiger partial charge in [-0.2, -0.15) is 5.10 Å². The molecule has 9 heteroatoms. The Morgan fingerprint density at radius 2 is 1.96 bits per heavy atom. The molecule has 4 rings (SSSR count). The van der Waals surface area contributed by atoms with E-state index in [0.29, 0.717) is 40.7 Å². The standard InChI is InChI=1S/C18H18N6O3/c1-9(14-10-4-2-3-5-11(10)16(26)23-22-14)17(27)24-7-6-12-13(8-24)20-18(19)21-15(12)25/h2-5,9H,6-8H2,1H3,(H,23,26)(H3,19,20,21,25). The summed E-state index contributed by atoms with van der Waals surface area (Å²) in [6, 6.07) is 7.06. The van der Waals surface area contributed by atoms with Crippen molar-refractivity contribution in [1.82, 2.24) is 25.1 Å². The van der Waals surface area contributed by atoms with E-state index in [2.05, 4.69) is 20.2 Å². The van der Waals surface area contributed by atoms with Crippen LogP contribution < -0.4 is 16.9 Å². The number of hydrogen-bond acceptors (Lipinski definition) is 6. The number of rotatable bonds is 2. The van der Waals surface area contributed by atoms with Crippen LogP contribution in [0.5, 0.6) is 0 Å². The van der Waals surface area contributed by atoms with Crippen molar-refractivity contribution in [2.75, 3.05) is 12.3 Å². The van der Waals surface area contributed by atoms with E-state index in [1.165, 1.54) is 0 Å². The predicted octanol–water partition coefficient (Wildman–Crippen LogP) is 0.277. The molecule has 3 heterocycles. The fourth-order valence-electron chi connectivity index (χ4n) is 3.50. The maximum Gasteiger partial charge on any atom is 0.272 e. The van der Waals surface area contributed by atoms with Gasteiger partial charge < -0.3 is 10.6 Å². The molecule has 1 aromatic carbocycles. The molecule has 0 saturated heterocycles. The van der Waals surface area contributed by atoms with Gasteiger partial charge in [0.05, 0.1) is 29.2 Å². The number of nitrogen functional groups attached to an aromatic ring is 1. The first-order valence-electron chi connectivity index (χ1n) is 8.59. The van der Waals surface area contributed by atoms with Gasteiger partial charge in [-0.3, -0.25) is 19.4 Å². The molecule has 0 bridgehead atoms. The second-order valence-electron chi connectivity index (χ2n) is 6.59. The molecule has 0 saturated carbocycles. The summed E-state index contributed by atoms with van der Waals surface area (Å²) in [5.41, 5.74) is 6.66. The van der Waals surface area contributed by atoms with E-state index in [9.17, 15) is 14.4 Å². The van der Waals surface area contributed by atoms with Crippen LogP contribution in [0.4, 0.5) is 5.95 Å². The van der Waals surface area contributed by atoms with Crippen molar-refractivity contribution >= 4 is 22.6 Å². The smallest absolute Gasteiger partial charge is 0.272 e. The van der Waals surface area contributed by atoms with Crippen LogP contribution in [0.25, 0.3) is 10.8 Å². The highest BCUT2D eigenvalue weighted by molar-refractivity contribution is 5.91. The highest BCUT2D eigenvalue weighted by Crippen LogP contribution is 2.25. The van der Waals surface area contributed by atoms with Crippen molar-refractivity contribution < 1.29 is 4.79 Å². The number of nitrogens with two attached hydrogens (primary N) is 1. The van der Waals surface area contributed by atoms with Crippen LogP contribution >= 0.6 is 0 Å². The van der Waals surface area contributed by atoms with Gasteiger partial charge in [-0.05, 0) is 19.4 Å². The van der Waals surface area contributed by atoms with Crippen molar-refractivity contribution in [3.8, 4) is 0 Å². The predicted molar refractivity (Wildman–Crippen MR) is 99.2 cm³/mol. The first-order valence-corrected chi connectivity index (χ1v) is 8.59. The molecule has 9 nitrogen and oxygen atoms in total. The Labute approximate surface area is 153 Å². The Morgan fingerprint density at radius 1 is 1.22 bits per heavy atom. The third kappa shape index (κ3) is 2.86. The number of benzene rings is 1. The van der Waals surface area contributed by atoms with Crippen LogP contribution in [0.1, 0.15) is 29.8 Å². The fourth-order valence-corrected chi connectivity index (χ4v) is 3.50. The molecule has 2 aromatic heterocycles. The Kier molecular flexibility index (Phi) is 3.98. The van der Waals surface area contributed by atoms with Crippen LogP contribution in [0.2, 0.25) is 0 Å². The molecule has 3 aromatic rings. The van der Waals surface area contributed by atoms with Gasteiger partial charge in [0.1, 0.15) is 0 Å². The topological polar surface area (TPSA) is 138 Å². The summed E-state index contributed by atoms with van der Waals surface area (Å²) in [6.07, 6.45) is 0.413. The van der Waals surface area contributed by atoms with Crippen LogP contribution in [0.3, 0.4) is 0 Å². The molecule has 1 amide bonds. The van der Waals surface area contributed by atoms with E-state index in [0.717, 1.165) is 0 Å². The molecule has 0 spiro atoms. The molecule has 0 aliphatic carbocycles. The number of anilines is 1. The minimum atomic E-state index is -0.562. The summed E-state index contributed by atoms with van der Waals surface area (Å²) in [5, 5.41) is 7.72. The second-order valence-corrected chi connectivity index (χ2v) is 6.59. The van der Waals surface area contributed by atoms with Crippen molar-refractivity contribution in [1.29, 1.82) is 0 Å². The number of aromatic amines is 2. The minimum Gasteiger partial charge on any atom is -0.369 e. The number of fused-ring (bicyclic) bond motifs is 2. The van der Waals surface area contributed by atoms with Gasteiger partial charge in [0.2, 0.25) is 11.9 Å². The first-order chi connectivity index (χ1) is 13.0. The van der Waals surface area contributed by atoms with Gasteiger partial charge in [0.25, 0.3) is 11.1 Å². The molecule has 0 fully saturated rings. The molecule has 138 valence electrons. The molecular formula is C18H18N6O3. The van der Waals surface area contributed by atoms with Crippen LogP contribution in [-0.4, -0.2) is 37.5 Å². The minimum absolute atomic E-state index is 0.0365. The highest BCUT2D eigenvalue weighted by atomic mass is 16.2. The fraction of sp³-hybridized carbons (Fsp3) is 0.278. The molecule has 27 heavy (non-hydrogen) atoms. The van der Waals surface area contributed by atoms with Crippen LogP contribution in [0, 0.1) is 0 Å². The molecule has 0 radical (unpaired) electrons. The van der Waals surface area contributed by atoms with Crippen molar-refractivity contribution in [2.24, 2.45) is 0 Å².